The number of carbonyl (C=O) groups excluding carboxylic acids is 1. The van der Waals surface area contributed by atoms with Gasteiger partial charge in [0.05, 0.1) is 30.0 Å². The van der Waals surface area contributed by atoms with Crippen LogP contribution in [0.5, 0.6) is 0 Å². The van der Waals surface area contributed by atoms with Gasteiger partial charge in [-0.3, -0.25) is 4.79 Å². The van der Waals surface area contributed by atoms with Crippen LogP contribution in [0.4, 0.5) is 0 Å². The Morgan fingerprint density at radius 2 is 2.33 bits per heavy atom. The fraction of sp³-hybridized carbons (Fsp3) is 0.778. The molecule has 2 aliphatic heterocycles. The highest BCUT2D eigenvalue weighted by molar-refractivity contribution is 7.09. The third-order valence-corrected chi connectivity index (χ3v) is 6.55. The average Bonchev–Trinajstić information content (AvgIpc) is 2.93. The molecular weight excluding hydrogens is 324 g/mol. The molecule has 3 aliphatic rings. The van der Waals surface area contributed by atoms with Crippen LogP contribution in [0, 0.1) is 30.6 Å². The van der Waals surface area contributed by atoms with Gasteiger partial charge in [-0.2, -0.15) is 0 Å². The molecule has 1 aliphatic carbocycles. The van der Waals surface area contributed by atoms with Crippen LogP contribution in [0.3, 0.4) is 0 Å². The molecule has 0 spiro atoms. The van der Waals surface area contributed by atoms with E-state index in [9.17, 15) is 4.79 Å². The van der Waals surface area contributed by atoms with Gasteiger partial charge in [-0.25, -0.2) is 4.98 Å². The molecular formula is C18H26N2O3S. The molecule has 1 aromatic heterocycles. The number of carbonyl (C=O) groups is 1. The van der Waals surface area contributed by atoms with Gasteiger partial charge in [0.1, 0.15) is 0 Å². The van der Waals surface area contributed by atoms with Crippen LogP contribution in [0.2, 0.25) is 0 Å². The van der Waals surface area contributed by atoms with Gasteiger partial charge in [0.25, 0.3) is 0 Å². The first-order chi connectivity index (χ1) is 11.6. The van der Waals surface area contributed by atoms with Crippen LogP contribution >= 0.6 is 11.3 Å². The van der Waals surface area contributed by atoms with Crippen molar-refractivity contribution in [3.8, 4) is 0 Å². The zero-order chi connectivity index (χ0) is 16.7. The summed E-state index contributed by atoms with van der Waals surface area (Å²) in [5.74, 6) is 2.23. The summed E-state index contributed by atoms with van der Waals surface area (Å²) < 4.78 is 11.7. The van der Waals surface area contributed by atoms with Gasteiger partial charge in [0.15, 0.2) is 0 Å². The normalized spacial score (nSPS) is 34.6. The molecule has 1 amide bonds. The highest BCUT2D eigenvalue weighted by Crippen LogP contribution is 2.42. The van der Waals surface area contributed by atoms with E-state index in [-0.39, 0.29) is 12.0 Å². The molecule has 3 fully saturated rings. The van der Waals surface area contributed by atoms with Crippen LogP contribution in [-0.4, -0.2) is 48.2 Å². The summed E-state index contributed by atoms with van der Waals surface area (Å²) in [5.41, 5.74) is 1.02. The third-order valence-electron chi connectivity index (χ3n) is 5.73. The number of nitrogens with zero attached hydrogens (tertiary/aromatic N) is 2. The zero-order valence-electron chi connectivity index (χ0n) is 14.4. The van der Waals surface area contributed by atoms with Crippen molar-refractivity contribution in [1.82, 2.24) is 9.88 Å². The van der Waals surface area contributed by atoms with Gasteiger partial charge in [-0.1, -0.05) is 6.92 Å². The topological polar surface area (TPSA) is 51.7 Å². The molecule has 3 heterocycles. The quantitative estimate of drug-likeness (QED) is 0.740. The van der Waals surface area contributed by atoms with E-state index in [0.29, 0.717) is 30.3 Å². The van der Waals surface area contributed by atoms with E-state index in [0.717, 1.165) is 49.8 Å². The molecule has 0 unspecified atom stereocenters. The Hall–Kier alpha value is -0.980. The molecule has 5 atom stereocenters. The van der Waals surface area contributed by atoms with Gasteiger partial charge < -0.3 is 14.4 Å². The standard InChI is InChI=1S/C18H26N2O3S/c1-11-5-15(11)18(21)20-6-16-13(8-23-17(16)7-20)3-4-22-9-14-10-24-12(2)19-14/h10-11,13,15-17H,3-9H2,1-2H3/t11-,13+,15+,16+,17+/m1/s1. The van der Waals surface area contributed by atoms with Crippen molar-refractivity contribution >= 4 is 17.2 Å². The molecule has 5 nitrogen and oxygen atoms in total. The highest BCUT2D eigenvalue weighted by atomic mass is 32.1. The maximum absolute atomic E-state index is 12.4. The summed E-state index contributed by atoms with van der Waals surface area (Å²) in [6, 6.07) is 0. The minimum Gasteiger partial charge on any atom is -0.376 e. The Morgan fingerprint density at radius 3 is 3.04 bits per heavy atom. The first-order valence-electron chi connectivity index (χ1n) is 9.01. The van der Waals surface area contributed by atoms with Gasteiger partial charge in [0.2, 0.25) is 5.91 Å². The number of hydrogen-bond acceptors (Lipinski definition) is 5. The Kier molecular flexibility index (Phi) is 4.62. The SMILES string of the molecule is Cc1nc(COCC[C@H]2CO[C@H]3CN(C(=O)[C@H]4C[C@H]4C)C[C@@H]23)cs1. The van der Waals surface area contributed by atoms with Crippen molar-refractivity contribution in [2.75, 3.05) is 26.3 Å². The van der Waals surface area contributed by atoms with Crippen molar-refractivity contribution in [1.29, 1.82) is 0 Å². The van der Waals surface area contributed by atoms with Crippen molar-refractivity contribution in [2.24, 2.45) is 23.7 Å². The van der Waals surface area contributed by atoms with Crippen LogP contribution in [0.1, 0.15) is 30.5 Å². The Morgan fingerprint density at radius 1 is 1.50 bits per heavy atom. The lowest BCUT2D eigenvalue weighted by Crippen LogP contribution is -2.32. The van der Waals surface area contributed by atoms with Gasteiger partial charge in [-0.15, -0.1) is 11.3 Å². The Bertz CT molecular complexity index is 605. The van der Waals surface area contributed by atoms with E-state index in [4.69, 9.17) is 9.47 Å². The van der Waals surface area contributed by atoms with Crippen LogP contribution in [0.25, 0.3) is 0 Å². The highest BCUT2D eigenvalue weighted by Gasteiger charge is 2.49. The van der Waals surface area contributed by atoms with Crippen molar-refractivity contribution in [3.05, 3.63) is 16.1 Å². The minimum absolute atomic E-state index is 0.245. The lowest BCUT2D eigenvalue weighted by atomic mass is 9.91. The molecule has 132 valence electrons. The molecule has 0 radical (unpaired) electrons. The molecule has 1 saturated carbocycles. The van der Waals surface area contributed by atoms with E-state index in [2.05, 4.69) is 22.2 Å². The van der Waals surface area contributed by atoms with Crippen molar-refractivity contribution in [2.45, 2.75) is 39.4 Å². The van der Waals surface area contributed by atoms with Crippen LogP contribution < -0.4 is 0 Å². The average molecular weight is 350 g/mol. The number of likely N-dealkylation sites (tertiary alicyclic amines) is 1. The maximum atomic E-state index is 12.4. The van der Waals surface area contributed by atoms with E-state index in [1.54, 1.807) is 11.3 Å². The second-order valence-corrected chi connectivity index (χ2v) is 8.62. The molecule has 0 aromatic carbocycles. The summed E-state index contributed by atoms with van der Waals surface area (Å²) >= 11 is 1.66. The number of rotatable bonds is 6. The number of thiazole rings is 1. The summed E-state index contributed by atoms with van der Waals surface area (Å²) in [4.78, 5) is 18.9. The molecule has 24 heavy (non-hydrogen) atoms. The van der Waals surface area contributed by atoms with Gasteiger partial charge in [0, 0.05) is 36.9 Å². The van der Waals surface area contributed by atoms with E-state index < -0.39 is 0 Å². The first kappa shape index (κ1) is 16.5. The molecule has 2 saturated heterocycles. The van der Waals surface area contributed by atoms with Crippen molar-refractivity contribution in [3.63, 3.8) is 0 Å². The second kappa shape index (κ2) is 6.73. The fourth-order valence-corrected chi connectivity index (χ4v) is 4.66. The number of hydrogen-bond donors (Lipinski definition) is 0. The Labute approximate surface area is 147 Å². The van der Waals surface area contributed by atoms with Gasteiger partial charge >= 0.3 is 0 Å². The first-order valence-corrected chi connectivity index (χ1v) is 9.89. The van der Waals surface area contributed by atoms with E-state index in [1.165, 1.54) is 0 Å². The summed E-state index contributed by atoms with van der Waals surface area (Å²) in [6.45, 7) is 8.00. The molecule has 0 N–H and O–H groups in total. The zero-order valence-corrected chi connectivity index (χ0v) is 15.3. The fourth-order valence-electron chi connectivity index (χ4n) is 4.06. The largest absolute Gasteiger partial charge is 0.376 e. The van der Waals surface area contributed by atoms with E-state index in [1.807, 2.05) is 6.92 Å². The van der Waals surface area contributed by atoms with Crippen LogP contribution in [-0.2, 0) is 20.9 Å². The van der Waals surface area contributed by atoms with Gasteiger partial charge in [-0.05, 0) is 31.6 Å². The lowest BCUT2D eigenvalue weighted by Gasteiger charge is -2.20. The smallest absolute Gasteiger partial charge is 0.226 e. The molecule has 6 heteroatoms. The second-order valence-electron chi connectivity index (χ2n) is 7.56. The van der Waals surface area contributed by atoms with E-state index >= 15 is 0 Å². The van der Waals surface area contributed by atoms with Crippen molar-refractivity contribution < 1.29 is 14.3 Å². The molecule has 0 bridgehead atoms. The molecule has 4 rings (SSSR count). The predicted molar refractivity (Wildman–Crippen MR) is 91.7 cm³/mol. The summed E-state index contributed by atoms with van der Waals surface area (Å²) in [5, 5.41) is 3.14. The molecule has 1 aromatic rings. The summed E-state index contributed by atoms with van der Waals surface area (Å²) in [7, 11) is 0. The number of ether oxygens (including phenoxy) is 2. The number of aromatic nitrogens is 1. The third kappa shape index (κ3) is 3.37. The summed E-state index contributed by atoms with van der Waals surface area (Å²) in [6.07, 6.45) is 2.32. The lowest BCUT2D eigenvalue weighted by molar-refractivity contribution is -0.132. The monoisotopic (exact) mass is 350 g/mol. The Balaban J connectivity index is 1.22. The van der Waals surface area contributed by atoms with Crippen LogP contribution in [0.15, 0.2) is 5.38 Å². The minimum atomic E-state index is 0.245. The number of aryl methyl sites for hydroxylation is 1. The number of fused-ring (bicyclic) bond motifs is 1. The maximum Gasteiger partial charge on any atom is 0.226 e. The predicted octanol–water partition coefficient (Wildman–Crippen LogP) is 2.49. The number of amides is 1.